The third-order valence-electron chi connectivity index (χ3n) is 3.15. The highest BCUT2D eigenvalue weighted by Crippen LogP contribution is 2.33. The van der Waals surface area contributed by atoms with E-state index in [2.05, 4.69) is 0 Å². The Bertz CT molecular complexity index is 641. The predicted octanol–water partition coefficient (Wildman–Crippen LogP) is 4.91. The number of halogens is 2. The van der Waals surface area contributed by atoms with E-state index in [0.29, 0.717) is 27.6 Å². The number of nitrogens with two attached hydrogens (primary N) is 1. The second-order valence-electron chi connectivity index (χ2n) is 4.94. The van der Waals surface area contributed by atoms with Crippen molar-refractivity contribution in [3.63, 3.8) is 0 Å². The van der Waals surface area contributed by atoms with Crippen LogP contribution >= 0.6 is 11.6 Å². The van der Waals surface area contributed by atoms with Gasteiger partial charge in [-0.05, 0) is 56.2 Å². The summed E-state index contributed by atoms with van der Waals surface area (Å²) < 4.78 is 19.6. The van der Waals surface area contributed by atoms with E-state index in [1.807, 2.05) is 13.0 Å². The lowest BCUT2D eigenvalue weighted by molar-refractivity contribution is 0.465. The first-order chi connectivity index (χ1) is 9.38. The molecule has 2 rings (SSSR count). The molecular weight excluding hydrogens is 277 g/mol. The lowest BCUT2D eigenvalue weighted by Crippen LogP contribution is -2.08. The van der Waals surface area contributed by atoms with Gasteiger partial charge in [-0.2, -0.15) is 0 Å². The van der Waals surface area contributed by atoms with E-state index in [9.17, 15) is 4.39 Å². The molecule has 0 aliphatic carbocycles. The average Bonchev–Trinajstić information content (AvgIpc) is 2.37. The van der Waals surface area contributed by atoms with Crippen molar-refractivity contribution in [2.45, 2.75) is 26.8 Å². The predicted molar refractivity (Wildman–Crippen MR) is 80.0 cm³/mol. The zero-order valence-corrected chi connectivity index (χ0v) is 12.5. The van der Waals surface area contributed by atoms with Crippen LogP contribution in [0.5, 0.6) is 11.5 Å². The summed E-state index contributed by atoms with van der Waals surface area (Å²) in [6.45, 7) is 5.41. The Kier molecular flexibility index (Phi) is 4.31. The minimum atomic E-state index is -0.320. The van der Waals surface area contributed by atoms with Crippen LogP contribution in [-0.4, -0.2) is 0 Å². The van der Waals surface area contributed by atoms with Crippen molar-refractivity contribution in [3.05, 3.63) is 57.9 Å². The van der Waals surface area contributed by atoms with Gasteiger partial charge in [0.15, 0.2) is 0 Å². The molecule has 106 valence electrons. The molecular formula is C16H17ClFNO. The topological polar surface area (TPSA) is 35.2 Å². The number of hydrogen-bond acceptors (Lipinski definition) is 2. The van der Waals surface area contributed by atoms with Gasteiger partial charge in [0.1, 0.15) is 17.3 Å². The highest BCUT2D eigenvalue weighted by Gasteiger charge is 2.14. The van der Waals surface area contributed by atoms with Crippen LogP contribution in [-0.2, 0) is 0 Å². The van der Waals surface area contributed by atoms with Crippen LogP contribution in [0, 0.1) is 19.7 Å². The second kappa shape index (κ2) is 5.81. The SMILES string of the molecule is Cc1cc(Oc2cc(Cl)ccc2C)c([C@@H](C)N)cc1F. The molecule has 2 aromatic rings. The van der Waals surface area contributed by atoms with Crippen molar-refractivity contribution in [1.82, 2.24) is 0 Å². The summed E-state index contributed by atoms with van der Waals surface area (Å²) in [6, 6.07) is 8.18. The van der Waals surface area contributed by atoms with Crippen molar-refractivity contribution in [2.75, 3.05) is 0 Å². The summed E-state index contributed by atoms with van der Waals surface area (Å²) >= 11 is 5.98. The van der Waals surface area contributed by atoms with Crippen LogP contribution in [0.3, 0.4) is 0 Å². The summed E-state index contributed by atoms with van der Waals surface area (Å²) in [6.07, 6.45) is 0. The van der Waals surface area contributed by atoms with E-state index in [1.54, 1.807) is 32.0 Å². The Morgan fingerprint density at radius 3 is 2.45 bits per heavy atom. The molecule has 0 radical (unpaired) electrons. The number of rotatable bonds is 3. The fourth-order valence-electron chi connectivity index (χ4n) is 1.92. The molecule has 0 bridgehead atoms. The van der Waals surface area contributed by atoms with Crippen molar-refractivity contribution in [2.24, 2.45) is 5.73 Å². The van der Waals surface area contributed by atoms with Gasteiger partial charge in [0.25, 0.3) is 0 Å². The molecule has 2 aromatic carbocycles. The zero-order valence-electron chi connectivity index (χ0n) is 11.7. The fourth-order valence-corrected chi connectivity index (χ4v) is 2.08. The van der Waals surface area contributed by atoms with Crippen LogP contribution in [0.1, 0.15) is 29.7 Å². The van der Waals surface area contributed by atoms with Crippen molar-refractivity contribution < 1.29 is 9.13 Å². The molecule has 0 aromatic heterocycles. The van der Waals surface area contributed by atoms with Gasteiger partial charge in [-0.1, -0.05) is 17.7 Å². The second-order valence-corrected chi connectivity index (χ2v) is 5.38. The molecule has 0 saturated heterocycles. The van der Waals surface area contributed by atoms with Gasteiger partial charge in [-0.15, -0.1) is 0 Å². The summed E-state index contributed by atoms with van der Waals surface area (Å²) in [7, 11) is 0. The number of aryl methyl sites for hydroxylation is 2. The quantitative estimate of drug-likeness (QED) is 0.873. The first-order valence-corrected chi connectivity index (χ1v) is 6.76. The molecule has 0 aliphatic heterocycles. The van der Waals surface area contributed by atoms with Gasteiger partial charge < -0.3 is 10.5 Å². The molecule has 2 N–H and O–H groups in total. The normalized spacial score (nSPS) is 12.3. The van der Waals surface area contributed by atoms with E-state index in [1.165, 1.54) is 6.07 Å². The van der Waals surface area contributed by atoms with Gasteiger partial charge in [0.2, 0.25) is 0 Å². The average molecular weight is 294 g/mol. The molecule has 0 amide bonds. The van der Waals surface area contributed by atoms with Crippen LogP contribution in [0.25, 0.3) is 0 Å². The molecule has 0 fully saturated rings. The van der Waals surface area contributed by atoms with Crippen LogP contribution in [0.2, 0.25) is 5.02 Å². The number of ether oxygens (including phenoxy) is 1. The van der Waals surface area contributed by atoms with E-state index in [4.69, 9.17) is 22.1 Å². The lowest BCUT2D eigenvalue weighted by atomic mass is 10.0. The van der Waals surface area contributed by atoms with Crippen LogP contribution < -0.4 is 10.5 Å². The zero-order chi connectivity index (χ0) is 14.9. The molecule has 0 aliphatic rings. The maximum absolute atomic E-state index is 13.7. The Morgan fingerprint density at radius 2 is 1.80 bits per heavy atom. The smallest absolute Gasteiger partial charge is 0.132 e. The maximum Gasteiger partial charge on any atom is 0.132 e. The highest BCUT2D eigenvalue weighted by atomic mass is 35.5. The van der Waals surface area contributed by atoms with Crippen LogP contribution in [0.4, 0.5) is 4.39 Å². The minimum Gasteiger partial charge on any atom is -0.457 e. The van der Waals surface area contributed by atoms with Crippen molar-refractivity contribution >= 4 is 11.6 Å². The number of benzene rings is 2. The molecule has 20 heavy (non-hydrogen) atoms. The third-order valence-corrected chi connectivity index (χ3v) is 3.39. The summed E-state index contributed by atoms with van der Waals surface area (Å²) in [5.74, 6) is 0.919. The Labute approximate surface area is 123 Å². The van der Waals surface area contributed by atoms with Gasteiger partial charge in [-0.3, -0.25) is 0 Å². The van der Waals surface area contributed by atoms with Gasteiger partial charge in [0.05, 0.1) is 0 Å². The van der Waals surface area contributed by atoms with E-state index >= 15 is 0 Å². The molecule has 1 atom stereocenters. The van der Waals surface area contributed by atoms with Gasteiger partial charge in [-0.25, -0.2) is 4.39 Å². The molecule has 0 spiro atoms. The molecule has 0 unspecified atom stereocenters. The first-order valence-electron chi connectivity index (χ1n) is 6.38. The highest BCUT2D eigenvalue weighted by molar-refractivity contribution is 6.30. The number of hydrogen-bond donors (Lipinski definition) is 1. The molecule has 0 heterocycles. The van der Waals surface area contributed by atoms with Crippen molar-refractivity contribution in [3.8, 4) is 11.5 Å². The van der Waals surface area contributed by atoms with E-state index < -0.39 is 0 Å². The fraction of sp³-hybridized carbons (Fsp3) is 0.250. The maximum atomic E-state index is 13.7. The lowest BCUT2D eigenvalue weighted by Gasteiger charge is -2.16. The Hall–Kier alpha value is -1.58. The molecule has 2 nitrogen and oxygen atoms in total. The van der Waals surface area contributed by atoms with E-state index in [0.717, 1.165) is 5.56 Å². The minimum absolute atomic E-state index is 0.285. The largest absolute Gasteiger partial charge is 0.457 e. The Morgan fingerprint density at radius 1 is 1.10 bits per heavy atom. The standard InChI is InChI=1S/C16H17ClFNO/c1-9-4-5-12(17)7-15(9)20-16-6-10(2)14(18)8-13(16)11(3)19/h4-8,11H,19H2,1-3H3/t11-/m1/s1. The Balaban J connectivity index is 2.47. The molecule has 4 heteroatoms. The summed E-state index contributed by atoms with van der Waals surface area (Å²) in [5, 5.41) is 0.590. The van der Waals surface area contributed by atoms with Gasteiger partial charge >= 0.3 is 0 Å². The van der Waals surface area contributed by atoms with Crippen LogP contribution in [0.15, 0.2) is 30.3 Å². The molecule has 0 saturated carbocycles. The summed E-state index contributed by atoms with van der Waals surface area (Å²) in [5.41, 5.74) is 7.98. The van der Waals surface area contributed by atoms with Crippen molar-refractivity contribution in [1.29, 1.82) is 0 Å². The van der Waals surface area contributed by atoms with Gasteiger partial charge in [0, 0.05) is 16.6 Å². The third kappa shape index (κ3) is 3.11. The first kappa shape index (κ1) is 14.8. The van der Waals surface area contributed by atoms with E-state index in [-0.39, 0.29) is 11.9 Å². The summed E-state index contributed by atoms with van der Waals surface area (Å²) in [4.78, 5) is 0. The monoisotopic (exact) mass is 293 g/mol.